The molecular formula is C13H9Cl3N2O3. The van der Waals surface area contributed by atoms with Crippen molar-refractivity contribution in [1.29, 1.82) is 0 Å². The van der Waals surface area contributed by atoms with E-state index >= 15 is 0 Å². The highest BCUT2D eigenvalue weighted by molar-refractivity contribution is 6.42. The Labute approximate surface area is 135 Å². The van der Waals surface area contributed by atoms with Crippen molar-refractivity contribution in [2.75, 3.05) is 5.32 Å². The average Bonchev–Trinajstić information content (AvgIpc) is 2.66. The highest BCUT2D eigenvalue weighted by Gasteiger charge is 2.20. The van der Waals surface area contributed by atoms with Crippen LogP contribution in [0.2, 0.25) is 15.2 Å². The molecule has 2 rings (SSSR count). The molecule has 0 saturated carbocycles. The van der Waals surface area contributed by atoms with Crippen LogP contribution in [0.3, 0.4) is 0 Å². The van der Waals surface area contributed by atoms with Gasteiger partial charge in [0.15, 0.2) is 0 Å². The molecule has 21 heavy (non-hydrogen) atoms. The van der Waals surface area contributed by atoms with Gasteiger partial charge >= 0.3 is 5.97 Å². The van der Waals surface area contributed by atoms with E-state index in [0.717, 1.165) is 0 Å². The molecule has 110 valence electrons. The summed E-state index contributed by atoms with van der Waals surface area (Å²) in [5, 5.41) is 12.1. The second-order valence-electron chi connectivity index (χ2n) is 4.15. The number of aromatic nitrogens is 1. The SMILES string of the molecule is Cn1c(C(=O)Nc2cccc(Cl)c2C(=O)O)cc(Cl)c1Cl. The maximum Gasteiger partial charge on any atom is 0.339 e. The van der Waals surface area contributed by atoms with E-state index in [1.54, 1.807) is 7.05 Å². The summed E-state index contributed by atoms with van der Waals surface area (Å²) in [7, 11) is 1.57. The Morgan fingerprint density at radius 2 is 1.86 bits per heavy atom. The molecule has 0 unspecified atom stereocenters. The van der Waals surface area contributed by atoms with Gasteiger partial charge in [-0.3, -0.25) is 4.79 Å². The first-order valence-corrected chi connectivity index (χ1v) is 6.80. The van der Waals surface area contributed by atoms with Crippen molar-refractivity contribution in [3.8, 4) is 0 Å². The zero-order chi connectivity index (χ0) is 15.7. The molecule has 0 spiro atoms. The Bertz CT molecular complexity index is 741. The smallest absolute Gasteiger partial charge is 0.339 e. The predicted molar refractivity (Wildman–Crippen MR) is 81.8 cm³/mol. The van der Waals surface area contributed by atoms with Crippen molar-refractivity contribution < 1.29 is 14.7 Å². The predicted octanol–water partition coefficient (Wildman–Crippen LogP) is 3.94. The zero-order valence-corrected chi connectivity index (χ0v) is 12.9. The number of nitrogens with one attached hydrogen (secondary N) is 1. The Morgan fingerprint density at radius 3 is 2.38 bits per heavy atom. The van der Waals surface area contributed by atoms with Gasteiger partial charge in [0, 0.05) is 7.05 Å². The van der Waals surface area contributed by atoms with Crippen LogP contribution in [0.4, 0.5) is 5.69 Å². The Morgan fingerprint density at radius 1 is 1.19 bits per heavy atom. The highest BCUT2D eigenvalue weighted by atomic mass is 35.5. The second kappa shape index (κ2) is 5.97. The topological polar surface area (TPSA) is 71.3 Å². The van der Waals surface area contributed by atoms with E-state index in [-0.39, 0.29) is 32.1 Å². The summed E-state index contributed by atoms with van der Waals surface area (Å²) in [6.07, 6.45) is 0. The number of amides is 1. The number of nitrogens with zero attached hydrogens (tertiary/aromatic N) is 1. The average molecular weight is 348 g/mol. The quantitative estimate of drug-likeness (QED) is 0.883. The zero-order valence-electron chi connectivity index (χ0n) is 10.7. The number of carbonyl (C=O) groups is 2. The lowest BCUT2D eigenvalue weighted by Crippen LogP contribution is -2.17. The van der Waals surface area contributed by atoms with Gasteiger partial charge in [-0.05, 0) is 18.2 Å². The summed E-state index contributed by atoms with van der Waals surface area (Å²) in [4.78, 5) is 23.4. The van der Waals surface area contributed by atoms with E-state index in [1.807, 2.05) is 0 Å². The van der Waals surface area contributed by atoms with Crippen LogP contribution in [-0.4, -0.2) is 21.6 Å². The molecular weight excluding hydrogens is 339 g/mol. The van der Waals surface area contributed by atoms with Crippen LogP contribution in [0.15, 0.2) is 24.3 Å². The first-order chi connectivity index (χ1) is 9.82. The van der Waals surface area contributed by atoms with Crippen molar-refractivity contribution >= 4 is 52.4 Å². The molecule has 0 fully saturated rings. The standard InChI is InChI=1S/C13H9Cl3N2O3/c1-18-9(5-7(15)11(18)16)12(19)17-8-4-2-3-6(14)10(8)13(20)21/h2-5H,1H3,(H,17,19)(H,20,21). The van der Waals surface area contributed by atoms with Crippen LogP contribution < -0.4 is 5.32 Å². The monoisotopic (exact) mass is 346 g/mol. The largest absolute Gasteiger partial charge is 0.478 e. The Kier molecular flexibility index (Phi) is 4.46. The van der Waals surface area contributed by atoms with Gasteiger partial charge in [-0.15, -0.1) is 0 Å². The summed E-state index contributed by atoms with van der Waals surface area (Å²) >= 11 is 17.6. The van der Waals surface area contributed by atoms with Gasteiger partial charge in [-0.2, -0.15) is 0 Å². The summed E-state index contributed by atoms with van der Waals surface area (Å²) in [5.74, 6) is -1.78. The van der Waals surface area contributed by atoms with Crippen molar-refractivity contribution in [3.63, 3.8) is 0 Å². The summed E-state index contributed by atoms with van der Waals surface area (Å²) in [5.41, 5.74) is 0.105. The summed E-state index contributed by atoms with van der Waals surface area (Å²) < 4.78 is 1.39. The van der Waals surface area contributed by atoms with E-state index in [9.17, 15) is 9.59 Å². The van der Waals surface area contributed by atoms with Gasteiger partial charge < -0.3 is 15.0 Å². The number of benzene rings is 1. The van der Waals surface area contributed by atoms with Gasteiger partial charge in [0.1, 0.15) is 16.4 Å². The van der Waals surface area contributed by atoms with E-state index in [4.69, 9.17) is 39.9 Å². The van der Waals surface area contributed by atoms with Crippen LogP contribution in [0, 0.1) is 0 Å². The van der Waals surface area contributed by atoms with E-state index in [2.05, 4.69) is 5.32 Å². The maximum absolute atomic E-state index is 12.2. The fourth-order valence-corrected chi connectivity index (χ4v) is 2.42. The van der Waals surface area contributed by atoms with Crippen molar-refractivity contribution in [2.24, 2.45) is 7.05 Å². The highest BCUT2D eigenvalue weighted by Crippen LogP contribution is 2.28. The lowest BCUT2D eigenvalue weighted by atomic mass is 10.1. The molecule has 2 N–H and O–H groups in total. The first kappa shape index (κ1) is 15.7. The Hall–Kier alpha value is -1.69. The Balaban J connectivity index is 2.39. The molecule has 0 saturated heterocycles. The number of carboxylic acids is 1. The molecule has 0 aliphatic heterocycles. The number of hydrogen-bond acceptors (Lipinski definition) is 2. The number of carboxylic acid groups (broad SMARTS) is 1. The maximum atomic E-state index is 12.2. The number of hydrogen-bond donors (Lipinski definition) is 2. The number of anilines is 1. The van der Waals surface area contributed by atoms with Gasteiger partial charge in [0.2, 0.25) is 0 Å². The van der Waals surface area contributed by atoms with Gasteiger partial charge in [-0.25, -0.2) is 4.79 Å². The third-order valence-corrected chi connectivity index (χ3v) is 3.98. The number of halogens is 3. The summed E-state index contributed by atoms with van der Waals surface area (Å²) in [6.45, 7) is 0. The fraction of sp³-hybridized carbons (Fsp3) is 0.0769. The van der Waals surface area contributed by atoms with Crippen LogP contribution >= 0.6 is 34.8 Å². The molecule has 8 heteroatoms. The second-order valence-corrected chi connectivity index (χ2v) is 5.32. The lowest BCUT2D eigenvalue weighted by Gasteiger charge is -2.10. The van der Waals surface area contributed by atoms with Crippen molar-refractivity contribution in [3.05, 3.63) is 50.7 Å². The third kappa shape index (κ3) is 3.00. The number of carbonyl (C=O) groups excluding carboxylic acids is 1. The minimum atomic E-state index is -1.24. The molecule has 1 aromatic carbocycles. The van der Waals surface area contributed by atoms with Crippen LogP contribution in [0.1, 0.15) is 20.8 Å². The van der Waals surface area contributed by atoms with Crippen LogP contribution in [0.25, 0.3) is 0 Å². The minimum Gasteiger partial charge on any atom is -0.478 e. The first-order valence-electron chi connectivity index (χ1n) is 5.66. The molecule has 1 aromatic heterocycles. The van der Waals surface area contributed by atoms with E-state index in [1.165, 1.54) is 28.8 Å². The molecule has 2 aromatic rings. The fourth-order valence-electron chi connectivity index (χ4n) is 1.79. The number of aromatic carboxylic acids is 1. The molecule has 1 heterocycles. The van der Waals surface area contributed by atoms with Gasteiger partial charge in [0.05, 0.1) is 15.7 Å². The van der Waals surface area contributed by atoms with Crippen molar-refractivity contribution in [1.82, 2.24) is 4.57 Å². The van der Waals surface area contributed by atoms with Crippen molar-refractivity contribution in [2.45, 2.75) is 0 Å². The molecule has 0 radical (unpaired) electrons. The molecule has 0 aliphatic rings. The van der Waals surface area contributed by atoms with E-state index < -0.39 is 11.9 Å². The normalized spacial score (nSPS) is 10.5. The molecule has 5 nitrogen and oxygen atoms in total. The molecule has 0 aliphatic carbocycles. The van der Waals surface area contributed by atoms with E-state index in [0.29, 0.717) is 0 Å². The third-order valence-electron chi connectivity index (χ3n) is 2.82. The summed E-state index contributed by atoms with van der Waals surface area (Å²) in [6, 6.07) is 5.80. The van der Waals surface area contributed by atoms with Gasteiger partial charge in [-0.1, -0.05) is 40.9 Å². The molecule has 0 atom stereocenters. The molecule has 1 amide bonds. The van der Waals surface area contributed by atoms with Crippen LogP contribution in [-0.2, 0) is 7.05 Å². The molecule has 0 bridgehead atoms. The lowest BCUT2D eigenvalue weighted by molar-refractivity contribution is 0.0698. The van der Waals surface area contributed by atoms with Crippen LogP contribution in [0.5, 0.6) is 0 Å². The van der Waals surface area contributed by atoms with Gasteiger partial charge in [0.25, 0.3) is 5.91 Å². The number of rotatable bonds is 3. The minimum absolute atomic E-state index is 0.0308.